The third kappa shape index (κ3) is 6.27. The van der Waals surface area contributed by atoms with E-state index in [4.69, 9.17) is 24.7 Å². The lowest BCUT2D eigenvalue weighted by Crippen LogP contribution is -2.38. The lowest BCUT2D eigenvalue weighted by Gasteiger charge is -2.37. The van der Waals surface area contributed by atoms with Gasteiger partial charge in [0.15, 0.2) is 17.0 Å². The summed E-state index contributed by atoms with van der Waals surface area (Å²) in [5.74, 6) is 2.14. The number of ether oxygens (including phenoxy) is 4. The summed E-state index contributed by atoms with van der Waals surface area (Å²) in [6.45, 7) is 1.49. The smallest absolute Gasteiger partial charge is 0.167 e. The number of hydrogen-bond donors (Lipinski definition) is 3. The van der Waals surface area contributed by atoms with Crippen molar-refractivity contribution in [2.45, 2.75) is 43.3 Å². The van der Waals surface area contributed by atoms with E-state index in [9.17, 15) is 5.11 Å². The van der Waals surface area contributed by atoms with Crippen LogP contribution in [0.3, 0.4) is 0 Å². The number of hydrogen-bond acceptors (Lipinski definition) is 10. The molecule has 3 atom stereocenters. The molecule has 0 spiro atoms. The van der Waals surface area contributed by atoms with Crippen LogP contribution >= 0.6 is 0 Å². The third-order valence-corrected chi connectivity index (χ3v) is 8.43. The molecule has 2 aromatic heterocycles. The Morgan fingerprint density at radius 1 is 0.891 bits per heavy atom. The second-order valence-corrected chi connectivity index (χ2v) is 11.2. The summed E-state index contributed by atoms with van der Waals surface area (Å²) in [5.41, 5.74) is 8.61. The Kier molecular flexibility index (Phi) is 9.74. The molecule has 5 aromatic rings. The van der Waals surface area contributed by atoms with E-state index in [1.54, 1.807) is 20.5 Å². The van der Waals surface area contributed by atoms with Gasteiger partial charge in [0.2, 0.25) is 0 Å². The van der Waals surface area contributed by atoms with Crippen LogP contribution in [0.4, 0.5) is 5.82 Å². The molecule has 0 saturated carbocycles. The number of nitrogens with zero attached hydrogens (tertiary/aromatic N) is 4. The molecule has 3 aromatic carbocycles. The van der Waals surface area contributed by atoms with Crippen molar-refractivity contribution in [3.8, 4) is 11.5 Å². The molecule has 0 radical (unpaired) electrons. The molecule has 0 amide bonds. The van der Waals surface area contributed by atoms with Crippen LogP contribution in [0, 0.1) is 0 Å². The van der Waals surface area contributed by atoms with E-state index in [0.29, 0.717) is 29.9 Å². The molecule has 3 heterocycles. The number of imidazole rings is 1. The maximum atomic E-state index is 11.3. The second kappa shape index (κ2) is 14.3. The first kappa shape index (κ1) is 31.4. The van der Waals surface area contributed by atoms with Crippen molar-refractivity contribution in [3.05, 3.63) is 108 Å². The fourth-order valence-corrected chi connectivity index (χ4v) is 5.99. The third-order valence-electron chi connectivity index (χ3n) is 8.43. The lowest BCUT2D eigenvalue weighted by atomic mass is 9.80. The van der Waals surface area contributed by atoms with Gasteiger partial charge in [0.05, 0.1) is 33.3 Å². The first-order valence-electron chi connectivity index (χ1n) is 15.5. The van der Waals surface area contributed by atoms with Gasteiger partial charge in [0.25, 0.3) is 0 Å². The fraction of sp³-hybridized carbons (Fsp3) is 0.343. The van der Waals surface area contributed by atoms with Gasteiger partial charge in [-0.05, 0) is 60.3 Å². The van der Waals surface area contributed by atoms with Gasteiger partial charge in [0, 0.05) is 13.0 Å². The van der Waals surface area contributed by atoms with Crippen LogP contribution in [0.25, 0.3) is 11.2 Å². The molecule has 6 rings (SSSR count). The van der Waals surface area contributed by atoms with E-state index in [1.165, 1.54) is 6.33 Å². The standard InChI is InChI=1S/C35H40N6O5/c1-43-27-14-10-25(11-15-27)35(24-8-4-3-5-9-24,26-12-16-28(44-2)17-13-26)45-21-30-29(42)20-31(46-30)41-23-40-32-33(37-19-7-6-18-36)38-22-39-34(32)41/h3-5,8-17,22-23,29-31,42H,6-7,18-21,36H2,1-2H3,(H,37,38,39)/t29-,30+,31+/m0/s1. The molecule has 0 bridgehead atoms. The number of nitrogens with one attached hydrogen (secondary N) is 1. The predicted molar refractivity (Wildman–Crippen MR) is 175 cm³/mol. The van der Waals surface area contributed by atoms with Crippen molar-refractivity contribution in [2.75, 3.05) is 39.2 Å². The van der Waals surface area contributed by atoms with Gasteiger partial charge in [-0.25, -0.2) is 15.0 Å². The van der Waals surface area contributed by atoms with Crippen LogP contribution in [0.15, 0.2) is 91.5 Å². The highest BCUT2D eigenvalue weighted by Gasteiger charge is 2.42. The summed E-state index contributed by atoms with van der Waals surface area (Å²) in [6.07, 6.45) is 3.53. The normalized spacial score (nSPS) is 18.1. The van der Waals surface area contributed by atoms with E-state index >= 15 is 0 Å². The van der Waals surface area contributed by atoms with Crippen molar-refractivity contribution in [1.29, 1.82) is 0 Å². The fourth-order valence-electron chi connectivity index (χ4n) is 5.99. The van der Waals surface area contributed by atoms with E-state index in [1.807, 2.05) is 83.4 Å². The van der Waals surface area contributed by atoms with E-state index in [-0.39, 0.29) is 6.61 Å². The van der Waals surface area contributed by atoms with Gasteiger partial charge < -0.3 is 35.1 Å². The number of benzene rings is 3. The van der Waals surface area contributed by atoms with Crippen molar-refractivity contribution >= 4 is 17.0 Å². The zero-order chi connectivity index (χ0) is 31.9. The highest BCUT2D eigenvalue weighted by atomic mass is 16.6. The van der Waals surface area contributed by atoms with Crippen LogP contribution in [0.2, 0.25) is 0 Å². The summed E-state index contributed by atoms with van der Waals surface area (Å²) >= 11 is 0. The molecule has 240 valence electrons. The summed E-state index contributed by atoms with van der Waals surface area (Å²) in [7, 11) is 3.29. The number of nitrogens with two attached hydrogens (primary N) is 1. The quantitative estimate of drug-likeness (QED) is 0.118. The van der Waals surface area contributed by atoms with E-state index in [2.05, 4.69) is 20.3 Å². The number of anilines is 1. The molecule has 4 N–H and O–H groups in total. The number of aromatic nitrogens is 4. The van der Waals surface area contributed by atoms with Gasteiger partial charge >= 0.3 is 0 Å². The van der Waals surface area contributed by atoms with Crippen molar-refractivity contribution < 1.29 is 24.1 Å². The van der Waals surface area contributed by atoms with Crippen molar-refractivity contribution in [2.24, 2.45) is 5.73 Å². The van der Waals surface area contributed by atoms with Gasteiger partial charge in [-0.1, -0.05) is 54.6 Å². The Hall–Kier alpha value is -4.55. The van der Waals surface area contributed by atoms with Crippen molar-refractivity contribution in [1.82, 2.24) is 19.5 Å². The largest absolute Gasteiger partial charge is 0.497 e. The number of unbranched alkanes of at least 4 members (excludes halogenated alkanes) is 1. The zero-order valence-corrected chi connectivity index (χ0v) is 26.1. The molecule has 11 heteroatoms. The summed E-state index contributed by atoms with van der Waals surface area (Å²) in [6, 6.07) is 25.7. The molecule has 1 aliphatic rings. The van der Waals surface area contributed by atoms with Gasteiger partial charge in [-0.3, -0.25) is 4.57 Å². The highest BCUT2D eigenvalue weighted by molar-refractivity contribution is 5.82. The van der Waals surface area contributed by atoms with Crippen LogP contribution in [-0.2, 0) is 15.1 Å². The zero-order valence-electron chi connectivity index (χ0n) is 26.1. The van der Waals surface area contributed by atoms with Gasteiger partial charge in [-0.15, -0.1) is 0 Å². The van der Waals surface area contributed by atoms with Gasteiger partial charge in [-0.2, -0.15) is 0 Å². The number of aliphatic hydroxyl groups is 1. The lowest BCUT2D eigenvalue weighted by molar-refractivity contribution is -0.0931. The molecule has 46 heavy (non-hydrogen) atoms. The maximum absolute atomic E-state index is 11.3. The topological polar surface area (TPSA) is 139 Å². The average Bonchev–Trinajstić information content (AvgIpc) is 3.71. The first-order chi connectivity index (χ1) is 22.6. The molecule has 0 aliphatic carbocycles. The highest BCUT2D eigenvalue weighted by Crippen LogP contribution is 2.43. The minimum Gasteiger partial charge on any atom is -0.497 e. The minimum absolute atomic E-state index is 0.111. The van der Waals surface area contributed by atoms with Crippen molar-refractivity contribution in [3.63, 3.8) is 0 Å². The predicted octanol–water partition coefficient (Wildman–Crippen LogP) is 4.65. The van der Waals surface area contributed by atoms with Crippen LogP contribution in [0.5, 0.6) is 11.5 Å². The Morgan fingerprint density at radius 3 is 2.17 bits per heavy atom. The summed E-state index contributed by atoms with van der Waals surface area (Å²) in [5, 5.41) is 14.6. The molecular formula is C35H40N6O5. The number of rotatable bonds is 14. The average molecular weight is 625 g/mol. The Morgan fingerprint density at radius 2 is 1.54 bits per heavy atom. The molecule has 1 saturated heterocycles. The number of fused-ring (bicyclic) bond motifs is 1. The molecule has 0 unspecified atom stereocenters. The van der Waals surface area contributed by atoms with Gasteiger partial charge in [0.1, 0.15) is 35.8 Å². The van der Waals surface area contributed by atoms with Crippen LogP contribution in [-0.4, -0.2) is 70.7 Å². The number of methoxy groups -OCH3 is 2. The SMILES string of the molecule is COc1ccc(C(OC[C@H]2O[C@@H](n3cnc4c(NCCCCN)ncnc43)C[C@@H]2O)(c2ccccc2)c2ccc(OC)cc2)cc1. The Balaban J connectivity index is 1.29. The first-order valence-corrected chi connectivity index (χ1v) is 15.5. The number of aliphatic hydroxyl groups excluding tert-OH is 1. The second-order valence-electron chi connectivity index (χ2n) is 11.2. The van der Waals surface area contributed by atoms with E-state index in [0.717, 1.165) is 47.6 Å². The van der Waals surface area contributed by atoms with E-state index < -0.39 is 24.0 Å². The summed E-state index contributed by atoms with van der Waals surface area (Å²) in [4.78, 5) is 13.5. The Bertz CT molecular complexity index is 1650. The molecule has 1 aliphatic heterocycles. The summed E-state index contributed by atoms with van der Waals surface area (Å²) < 4.78 is 26.2. The molecular weight excluding hydrogens is 584 g/mol. The monoisotopic (exact) mass is 624 g/mol. The van der Waals surface area contributed by atoms with Crippen LogP contribution < -0.4 is 20.5 Å². The molecule has 1 fully saturated rings. The van der Waals surface area contributed by atoms with Crippen LogP contribution in [0.1, 0.15) is 42.2 Å². The maximum Gasteiger partial charge on any atom is 0.167 e. The Labute approximate surface area is 268 Å². The minimum atomic E-state index is -1.03. The molecule has 11 nitrogen and oxygen atoms in total.